The number of rotatable bonds is 9. The van der Waals surface area contributed by atoms with Gasteiger partial charge in [0.05, 0.1) is 25.2 Å². The van der Waals surface area contributed by atoms with Crippen LogP contribution in [0.5, 0.6) is 11.6 Å². The molecule has 36 heavy (non-hydrogen) atoms. The van der Waals surface area contributed by atoms with E-state index in [9.17, 15) is 13.2 Å². The highest BCUT2D eigenvalue weighted by molar-refractivity contribution is 7.90. The van der Waals surface area contributed by atoms with E-state index in [1.54, 1.807) is 30.8 Å². The molecule has 0 N–H and O–H groups in total. The molecule has 1 aliphatic carbocycles. The van der Waals surface area contributed by atoms with Gasteiger partial charge in [-0.15, -0.1) is 5.10 Å². The van der Waals surface area contributed by atoms with E-state index < -0.39 is 15.8 Å². The van der Waals surface area contributed by atoms with Gasteiger partial charge in [0.1, 0.15) is 11.9 Å². The summed E-state index contributed by atoms with van der Waals surface area (Å²) >= 11 is 0. The molecule has 1 fully saturated rings. The second-order valence-electron chi connectivity index (χ2n) is 8.90. The third-order valence-electron chi connectivity index (χ3n) is 6.38. The molecule has 192 valence electrons. The predicted octanol–water partition coefficient (Wildman–Crippen LogP) is 4.02. The minimum absolute atomic E-state index is 0.0730. The first-order valence-corrected chi connectivity index (χ1v) is 13.9. The molecule has 1 aliphatic rings. The summed E-state index contributed by atoms with van der Waals surface area (Å²) in [5.74, 6) is 0.826. The topological polar surface area (TPSA) is 110 Å². The van der Waals surface area contributed by atoms with Crippen LogP contribution >= 0.6 is 0 Å². The number of benzene rings is 2. The van der Waals surface area contributed by atoms with Crippen molar-refractivity contribution in [1.82, 2.24) is 15.0 Å². The average Bonchev–Trinajstić information content (AvgIpc) is 3.26. The average molecular weight is 514 g/mol. The maximum absolute atomic E-state index is 12.5. The molecule has 0 radical (unpaired) electrons. The van der Waals surface area contributed by atoms with E-state index in [2.05, 4.69) is 10.3 Å². The molecule has 0 saturated heterocycles. The Bertz CT molecular complexity index is 1280. The summed E-state index contributed by atoms with van der Waals surface area (Å²) in [7, 11) is -1.60. The van der Waals surface area contributed by atoms with Crippen molar-refractivity contribution in [3.63, 3.8) is 0 Å². The van der Waals surface area contributed by atoms with Gasteiger partial charge in [-0.1, -0.05) is 29.5 Å². The van der Waals surface area contributed by atoms with Crippen molar-refractivity contribution in [1.29, 1.82) is 0 Å². The number of esters is 1. The number of hydrogen-bond acceptors (Lipinski definition) is 8. The zero-order valence-electron chi connectivity index (χ0n) is 20.7. The number of hydrogen-bond donors (Lipinski definition) is 0. The van der Waals surface area contributed by atoms with Crippen LogP contribution in [-0.2, 0) is 21.1 Å². The Morgan fingerprint density at radius 1 is 1.03 bits per heavy atom. The predicted molar refractivity (Wildman–Crippen MR) is 133 cm³/mol. The number of carbonyl (C=O) groups is 1. The Kier molecular flexibility index (Phi) is 7.93. The smallest absolute Gasteiger partial charge is 0.364 e. The lowest BCUT2D eigenvalue weighted by atomic mass is 9.83. The van der Waals surface area contributed by atoms with E-state index >= 15 is 0 Å². The van der Waals surface area contributed by atoms with E-state index in [4.69, 9.17) is 14.2 Å². The highest BCUT2D eigenvalue weighted by atomic mass is 32.2. The van der Waals surface area contributed by atoms with Crippen molar-refractivity contribution in [2.75, 3.05) is 20.0 Å². The van der Waals surface area contributed by atoms with Crippen LogP contribution in [0.4, 0.5) is 0 Å². The van der Waals surface area contributed by atoms with Gasteiger partial charge in [0.25, 0.3) is 0 Å². The fourth-order valence-corrected chi connectivity index (χ4v) is 5.05. The summed E-state index contributed by atoms with van der Waals surface area (Å²) in [6.45, 7) is 2.35. The maximum Gasteiger partial charge on any atom is 0.364 e. The molecule has 1 saturated carbocycles. The summed E-state index contributed by atoms with van der Waals surface area (Å²) in [5.41, 5.74) is 2.16. The normalized spacial score (nSPS) is 18.0. The Balaban J connectivity index is 1.46. The monoisotopic (exact) mass is 513 g/mol. The van der Waals surface area contributed by atoms with Crippen LogP contribution in [0.3, 0.4) is 0 Å². The third kappa shape index (κ3) is 6.04. The Labute approximate surface area is 211 Å². The zero-order valence-corrected chi connectivity index (χ0v) is 21.5. The molecular formula is C26H31N3O6S. The number of methoxy groups -OCH3 is 1. The highest BCUT2D eigenvalue weighted by Crippen LogP contribution is 2.35. The van der Waals surface area contributed by atoms with Crippen molar-refractivity contribution < 1.29 is 27.4 Å². The summed E-state index contributed by atoms with van der Waals surface area (Å²) in [6, 6.07) is 14.7. The van der Waals surface area contributed by atoms with Crippen LogP contribution in [0.1, 0.15) is 60.1 Å². The van der Waals surface area contributed by atoms with Gasteiger partial charge in [-0.05, 0) is 73.9 Å². The van der Waals surface area contributed by atoms with Crippen LogP contribution in [0.15, 0.2) is 53.4 Å². The van der Waals surface area contributed by atoms with Crippen molar-refractivity contribution in [3.8, 4) is 11.6 Å². The first-order valence-electron chi connectivity index (χ1n) is 12.0. The van der Waals surface area contributed by atoms with Crippen molar-refractivity contribution >= 4 is 15.8 Å². The van der Waals surface area contributed by atoms with E-state index in [0.29, 0.717) is 23.2 Å². The SMILES string of the molecule is CCOC(=O)c1nnn(Cc2ccc(OC)cc2)c1O[C@H]1CC[C@H](c2ccc(S(C)(=O)=O)cc2)CC1. The first kappa shape index (κ1) is 25.7. The lowest BCUT2D eigenvalue weighted by Gasteiger charge is -2.29. The molecule has 0 aliphatic heterocycles. The Hall–Kier alpha value is -3.40. The number of aromatic nitrogens is 3. The van der Waals surface area contributed by atoms with Gasteiger partial charge in [0.15, 0.2) is 9.84 Å². The van der Waals surface area contributed by atoms with Crippen LogP contribution in [0.2, 0.25) is 0 Å². The molecule has 9 nitrogen and oxygen atoms in total. The molecule has 0 unspecified atom stereocenters. The Morgan fingerprint density at radius 2 is 1.69 bits per heavy atom. The lowest BCUT2D eigenvalue weighted by Crippen LogP contribution is -2.25. The molecule has 3 aromatic rings. The van der Waals surface area contributed by atoms with Gasteiger partial charge >= 0.3 is 5.97 Å². The largest absolute Gasteiger partial charge is 0.497 e. The minimum Gasteiger partial charge on any atom is -0.497 e. The van der Waals surface area contributed by atoms with Gasteiger partial charge in [-0.2, -0.15) is 0 Å². The summed E-state index contributed by atoms with van der Waals surface area (Å²) < 4.78 is 41.8. The Morgan fingerprint density at radius 3 is 2.28 bits per heavy atom. The number of carbonyl (C=O) groups excluding carboxylic acids is 1. The molecule has 0 spiro atoms. The van der Waals surface area contributed by atoms with Gasteiger partial charge in [-0.25, -0.2) is 17.9 Å². The fourth-order valence-electron chi connectivity index (χ4n) is 4.41. The van der Waals surface area contributed by atoms with Crippen molar-refractivity contribution in [2.45, 2.75) is 56.1 Å². The maximum atomic E-state index is 12.5. The number of ether oxygens (including phenoxy) is 3. The zero-order chi connectivity index (χ0) is 25.7. The summed E-state index contributed by atoms with van der Waals surface area (Å²) in [6.07, 6.45) is 4.46. The molecular weight excluding hydrogens is 482 g/mol. The second kappa shape index (κ2) is 11.1. The summed E-state index contributed by atoms with van der Waals surface area (Å²) in [4.78, 5) is 12.8. The lowest BCUT2D eigenvalue weighted by molar-refractivity contribution is 0.0507. The second-order valence-corrected chi connectivity index (χ2v) is 10.9. The van der Waals surface area contributed by atoms with Crippen LogP contribution in [-0.4, -0.2) is 55.5 Å². The molecule has 4 rings (SSSR count). The van der Waals surface area contributed by atoms with Gasteiger partial charge in [0, 0.05) is 6.26 Å². The number of sulfone groups is 1. The minimum atomic E-state index is -3.21. The van der Waals surface area contributed by atoms with Crippen LogP contribution < -0.4 is 9.47 Å². The van der Waals surface area contributed by atoms with Crippen LogP contribution in [0.25, 0.3) is 0 Å². The van der Waals surface area contributed by atoms with Gasteiger partial charge in [-0.3, -0.25) is 0 Å². The fraction of sp³-hybridized carbons (Fsp3) is 0.423. The third-order valence-corrected chi connectivity index (χ3v) is 7.51. The van der Waals surface area contributed by atoms with Gasteiger partial charge in [0.2, 0.25) is 11.6 Å². The molecule has 0 atom stereocenters. The quantitative estimate of drug-likeness (QED) is 0.395. The van der Waals surface area contributed by atoms with Crippen molar-refractivity contribution in [3.05, 3.63) is 65.4 Å². The first-order chi connectivity index (χ1) is 17.3. The molecule has 0 bridgehead atoms. The van der Waals surface area contributed by atoms with E-state index in [0.717, 1.165) is 42.6 Å². The molecule has 10 heteroatoms. The van der Waals surface area contributed by atoms with E-state index in [-0.39, 0.29) is 18.4 Å². The standard InChI is InChI=1S/C26H31N3O6S/c1-4-34-26(30)24-25(29(28-27-24)17-18-5-11-21(33-2)12-6-18)35-22-13-7-19(8-14-22)20-9-15-23(16-10-20)36(3,31)32/h5-6,9-12,15-16,19,22H,4,7-8,13-14,17H2,1-3H3/t19-,22-. The number of nitrogens with zero attached hydrogens (tertiary/aromatic N) is 3. The van der Waals surface area contributed by atoms with Gasteiger partial charge < -0.3 is 14.2 Å². The highest BCUT2D eigenvalue weighted by Gasteiger charge is 2.29. The molecule has 1 heterocycles. The molecule has 0 amide bonds. The van der Waals surface area contributed by atoms with Crippen LogP contribution in [0, 0.1) is 0 Å². The van der Waals surface area contributed by atoms with E-state index in [1.165, 1.54) is 6.26 Å². The van der Waals surface area contributed by atoms with E-state index in [1.807, 2.05) is 36.4 Å². The summed E-state index contributed by atoms with van der Waals surface area (Å²) in [5, 5.41) is 8.23. The molecule has 2 aromatic carbocycles. The van der Waals surface area contributed by atoms with Crippen molar-refractivity contribution in [2.24, 2.45) is 0 Å². The molecule has 1 aromatic heterocycles.